The Kier molecular flexibility index (Phi) is 6.35. The van der Waals surface area contributed by atoms with Crippen LogP contribution in [0.5, 0.6) is 0 Å². The van der Waals surface area contributed by atoms with E-state index < -0.39 is 12.1 Å². The van der Waals surface area contributed by atoms with Crippen molar-refractivity contribution in [3.8, 4) is 0 Å². The second-order valence-corrected chi connectivity index (χ2v) is 6.58. The summed E-state index contributed by atoms with van der Waals surface area (Å²) in [6, 6.07) is 9.45. The third kappa shape index (κ3) is 6.57. The summed E-state index contributed by atoms with van der Waals surface area (Å²) >= 11 is 0. The van der Waals surface area contributed by atoms with Gasteiger partial charge in [-0.1, -0.05) is 44.2 Å². The summed E-state index contributed by atoms with van der Waals surface area (Å²) < 4.78 is 5.30. The summed E-state index contributed by atoms with van der Waals surface area (Å²) in [6.07, 6.45) is 2.21. The first-order valence-corrected chi connectivity index (χ1v) is 7.45. The van der Waals surface area contributed by atoms with Crippen LogP contribution in [0.1, 0.15) is 40.2 Å². The summed E-state index contributed by atoms with van der Waals surface area (Å²) in [6.45, 7) is 9.36. The topological polar surface area (TPSA) is 55.4 Å². The van der Waals surface area contributed by atoms with Crippen molar-refractivity contribution < 1.29 is 14.3 Å². The van der Waals surface area contributed by atoms with E-state index in [1.54, 1.807) is 6.08 Å². The molecule has 0 bridgehead atoms. The predicted octanol–water partition coefficient (Wildman–Crippen LogP) is 3.18. The van der Waals surface area contributed by atoms with Gasteiger partial charge in [0, 0.05) is 11.6 Å². The average Bonchev–Trinajstić information content (AvgIpc) is 2.41. The molecule has 0 saturated carbocycles. The molecule has 0 heterocycles. The van der Waals surface area contributed by atoms with Crippen LogP contribution in [0.4, 0.5) is 0 Å². The van der Waals surface area contributed by atoms with Crippen molar-refractivity contribution in [2.24, 2.45) is 5.92 Å². The van der Waals surface area contributed by atoms with Gasteiger partial charge < -0.3 is 10.1 Å². The molecule has 1 amide bonds. The van der Waals surface area contributed by atoms with E-state index in [2.05, 4.69) is 5.32 Å². The van der Waals surface area contributed by atoms with E-state index >= 15 is 0 Å². The van der Waals surface area contributed by atoms with E-state index in [1.165, 1.54) is 6.08 Å². The zero-order valence-electron chi connectivity index (χ0n) is 13.9. The van der Waals surface area contributed by atoms with Crippen LogP contribution in [0.15, 0.2) is 36.4 Å². The number of benzene rings is 1. The quantitative estimate of drug-likeness (QED) is 0.671. The third-order valence-corrected chi connectivity index (χ3v) is 2.82. The van der Waals surface area contributed by atoms with E-state index in [0.717, 1.165) is 5.56 Å². The molecule has 1 unspecified atom stereocenters. The second kappa shape index (κ2) is 7.78. The standard InChI is InChI=1S/C18H25NO3/c1-13(2)16(17(21)19-18(3,4)5)22-15(20)12-11-14-9-7-6-8-10-14/h6-13,16H,1-5H3,(H,19,21)/b12-11+. The molecule has 0 aliphatic carbocycles. The molecule has 22 heavy (non-hydrogen) atoms. The number of esters is 1. The number of amides is 1. The van der Waals surface area contributed by atoms with Gasteiger partial charge in [0.25, 0.3) is 5.91 Å². The second-order valence-electron chi connectivity index (χ2n) is 6.58. The first kappa shape index (κ1) is 18.0. The van der Waals surface area contributed by atoms with Crippen molar-refractivity contribution >= 4 is 18.0 Å². The minimum atomic E-state index is -0.799. The summed E-state index contributed by atoms with van der Waals surface area (Å²) in [5, 5.41) is 2.84. The lowest BCUT2D eigenvalue weighted by Gasteiger charge is -2.26. The number of hydrogen-bond acceptors (Lipinski definition) is 3. The molecule has 1 atom stereocenters. The molecular weight excluding hydrogens is 278 g/mol. The van der Waals surface area contributed by atoms with Gasteiger partial charge in [0.05, 0.1) is 0 Å². The summed E-state index contributed by atoms with van der Waals surface area (Å²) in [5.41, 5.74) is 0.538. The van der Waals surface area contributed by atoms with E-state index in [0.29, 0.717) is 0 Å². The Morgan fingerprint density at radius 1 is 1.14 bits per heavy atom. The van der Waals surface area contributed by atoms with Crippen LogP contribution in [-0.2, 0) is 14.3 Å². The van der Waals surface area contributed by atoms with Gasteiger partial charge in [0.15, 0.2) is 6.10 Å². The molecule has 4 heteroatoms. The Morgan fingerprint density at radius 2 is 1.73 bits per heavy atom. The van der Waals surface area contributed by atoms with Crippen molar-refractivity contribution in [1.29, 1.82) is 0 Å². The lowest BCUT2D eigenvalue weighted by Crippen LogP contribution is -2.48. The Morgan fingerprint density at radius 3 is 2.23 bits per heavy atom. The molecule has 1 N–H and O–H groups in total. The van der Waals surface area contributed by atoms with Crippen LogP contribution in [0.25, 0.3) is 6.08 Å². The molecule has 0 radical (unpaired) electrons. The van der Waals surface area contributed by atoms with Crippen molar-refractivity contribution in [2.45, 2.75) is 46.3 Å². The highest BCUT2D eigenvalue weighted by molar-refractivity contribution is 5.90. The van der Waals surface area contributed by atoms with Crippen LogP contribution in [0, 0.1) is 5.92 Å². The summed E-state index contributed by atoms with van der Waals surface area (Å²) in [5.74, 6) is -0.896. The number of hydrogen-bond donors (Lipinski definition) is 1. The highest BCUT2D eigenvalue weighted by atomic mass is 16.5. The van der Waals surface area contributed by atoms with Gasteiger partial charge >= 0.3 is 5.97 Å². The maximum atomic E-state index is 12.2. The minimum Gasteiger partial charge on any atom is -0.449 e. The number of carbonyl (C=O) groups is 2. The van der Waals surface area contributed by atoms with E-state index in [-0.39, 0.29) is 17.4 Å². The van der Waals surface area contributed by atoms with Gasteiger partial charge in [-0.25, -0.2) is 4.79 Å². The van der Waals surface area contributed by atoms with Crippen molar-refractivity contribution in [3.05, 3.63) is 42.0 Å². The number of ether oxygens (including phenoxy) is 1. The van der Waals surface area contributed by atoms with Crippen LogP contribution >= 0.6 is 0 Å². The minimum absolute atomic E-state index is 0.101. The van der Waals surface area contributed by atoms with Crippen LogP contribution in [-0.4, -0.2) is 23.5 Å². The van der Waals surface area contributed by atoms with Gasteiger partial charge in [0.2, 0.25) is 0 Å². The SMILES string of the molecule is CC(C)C(OC(=O)/C=C/c1ccccc1)C(=O)NC(C)(C)C. The first-order chi connectivity index (χ1) is 10.2. The molecule has 1 aromatic carbocycles. The lowest BCUT2D eigenvalue weighted by molar-refractivity contribution is -0.154. The molecule has 1 aromatic rings. The highest BCUT2D eigenvalue weighted by Crippen LogP contribution is 2.11. The van der Waals surface area contributed by atoms with Gasteiger partial charge in [-0.05, 0) is 38.3 Å². The number of carbonyl (C=O) groups excluding carboxylic acids is 2. The zero-order valence-corrected chi connectivity index (χ0v) is 13.9. The largest absolute Gasteiger partial charge is 0.449 e. The fourth-order valence-electron chi connectivity index (χ4n) is 1.83. The van der Waals surface area contributed by atoms with E-state index in [4.69, 9.17) is 4.74 Å². The zero-order chi connectivity index (χ0) is 16.8. The smallest absolute Gasteiger partial charge is 0.331 e. The fraction of sp³-hybridized carbons (Fsp3) is 0.444. The molecule has 0 fully saturated rings. The van der Waals surface area contributed by atoms with Gasteiger partial charge in [-0.3, -0.25) is 4.79 Å². The maximum absolute atomic E-state index is 12.2. The van der Waals surface area contributed by atoms with Crippen molar-refractivity contribution in [1.82, 2.24) is 5.32 Å². The normalized spacial score (nSPS) is 13.2. The van der Waals surface area contributed by atoms with Crippen LogP contribution in [0.2, 0.25) is 0 Å². The molecule has 1 rings (SSSR count). The Labute approximate surface area is 132 Å². The molecule has 0 aliphatic heterocycles. The first-order valence-electron chi connectivity index (χ1n) is 7.45. The Bertz CT molecular complexity index is 527. The highest BCUT2D eigenvalue weighted by Gasteiger charge is 2.28. The number of nitrogens with one attached hydrogen (secondary N) is 1. The van der Waals surface area contributed by atoms with Gasteiger partial charge in [0.1, 0.15) is 0 Å². The number of rotatable bonds is 5. The molecule has 0 spiro atoms. The molecule has 0 saturated heterocycles. The van der Waals surface area contributed by atoms with Gasteiger partial charge in [-0.15, -0.1) is 0 Å². The Hall–Kier alpha value is -2.10. The van der Waals surface area contributed by atoms with E-state index in [1.807, 2.05) is 65.0 Å². The Balaban J connectivity index is 2.69. The molecule has 4 nitrogen and oxygen atoms in total. The van der Waals surface area contributed by atoms with Gasteiger partial charge in [-0.2, -0.15) is 0 Å². The van der Waals surface area contributed by atoms with Crippen LogP contribution < -0.4 is 5.32 Å². The van der Waals surface area contributed by atoms with Crippen molar-refractivity contribution in [2.75, 3.05) is 0 Å². The third-order valence-electron chi connectivity index (χ3n) is 2.82. The van der Waals surface area contributed by atoms with Crippen molar-refractivity contribution in [3.63, 3.8) is 0 Å². The summed E-state index contributed by atoms with van der Waals surface area (Å²) in [4.78, 5) is 24.1. The molecule has 120 valence electrons. The average molecular weight is 303 g/mol. The lowest BCUT2D eigenvalue weighted by atomic mass is 10.0. The monoisotopic (exact) mass is 303 g/mol. The molecule has 0 aliphatic rings. The fourth-order valence-corrected chi connectivity index (χ4v) is 1.83. The summed E-state index contributed by atoms with van der Waals surface area (Å²) in [7, 11) is 0. The molecular formula is C18H25NO3. The maximum Gasteiger partial charge on any atom is 0.331 e. The molecule has 0 aromatic heterocycles. The predicted molar refractivity (Wildman–Crippen MR) is 88.1 cm³/mol. The van der Waals surface area contributed by atoms with Crippen LogP contribution in [0.3, 0.4) is 0 Å². The van der Waals surface area contributed by atoms with E-state index in [9.17, 15) is 9.59 Å².